The topological polar surface area (TPSA) is 93.2 Å². The maximum absolute atomic E-state index is 11.4. The minimum Gasteiger partial charge on any atom is -0.444 e. The normalized spacial score (nSPS) is 12.0. The molecule has 0 radical (unpaired) electrons. The SMILES string of the molecule is CN=C(NCCNC(=O)OC(C)(C)C)NCCOCCOC. The number of nitrogens with zero attached hydrogens (tertiary/aromatic N) is 1. The summed E-state index contributed by atoms with van der Waals surface area (Å²) in [5.74, 6) is 0.654. The van der Waals surface area contributed by atoms with Crippen LogP contribution in [-0.2, 0) is 14.2 Å². The summed E-state index contributed by atoms with van der Waals surface area (Å²) in [6, 6.07) is 0. The molecule has 0 saturated carbocycles. The quantitative estimate of drug-likeness (QED) is 0.322. The molecule has 0 aromatic carbocycles. The van der Waals surface area contributed by atoms with Gasteiger partial charge in [-0.05, 0) is 20.8 Å². The summed E-state index contributed by atoms with van der Waals surface area (Å²) < 4.78 is 15.3. The largest absolute Gasteiger partial charge is 0.444 e. The first-order valence-corrected chi connectivity index (χ1v) is 7.37. The van der Waals surface area contributed by atoms with Gasteiger partial charge in [-0.25, -0.2) is 4.79 Å². The van der Waals surface area contributed by atoms with E-state index < -0.39 is 11.7 Å². The molecule has 0 aromatic heterocycles. The Kier molecular flexibility index (Phi) is 11.2. The molecule has 0 bridgehead atoms. The number of carbonyl (C=O) groups is 1. The van der Waals surface area contributed by atoms with Crippen LogP contribution in [0.3, 0.4) is 0 Å². The van der Waals surface area contributed by atoms with Crippen LogP contribution in [0.2, 0.25) is 0 Å². The van der Waals surface area contributed by atoms with E-state index in [-0.39, 0.29) is 0 Å². The highest BCUT2D eigenvalue weighted by molar-refractivity contribution is 5.79. The summed E-state index contributed by atoms with van der Waals surface area (Å²) in [7, 11) is 3.32. The second kappa shape index (κ2) is 12.0. The van der Waals surface area contributed by atoms with Crippen molar-refractivity contribution in [2.45, 2.75) is 26.4 Å². The fourth-order valence-electron chi connectivity index (χ4n) is 1.37. The molecular formula is C14H30N4O4. The van der Waals surface area contributed by atoms with Gasteiger partial charge in [0.05, 0.1) is 19.8 Å². The first-order valence-electron chi connectivity index (χ1n) is 7.37. The standard InChI is InChI=1S/C14H30N4O4/c1-14(2,3)22-13(19)18-7-6-16-12(15-4)17-8-9-21-11-10-20-5/h6-11H2,1-5H3,(H,18,19)(H2,15,16,17). The number of guanidine groups is 1. The van der Waals surface area contributed by atoms with Crippen LogP contribution in [0.1, 0.15) is 20.8 Å². The molecule has 0 aliphatic rings. The van der Waals surface area contributed by atoms with E-state index in [2.05, 4.69) is 20.9 Å². The van der Waals surface area contributed by atoms with E-state index >= 15 is 0 Å². The third kappa shape index (κ3) is 13.4. The van der Waals surface area contributed by atoms with E-state index in [1.165, 1.54) is 0 Å². The number of nitrogens with one attached hydrogen (secondary N) is 3. The Morgan fingerprint density at radius 3 is 2.23 bits per heavy atom. The molecule has 8 heteroatoms. The number of ether oxygens (including phenoxy) is 3. The predicted octanol–water partition coefficient (Wildman–Crippen LogP) is 0.339. The monoisotopic (exact) mass is 318 g/mol. The van der Waals surface area contributed by atoms with Crippen molar-refractivity contribution in [3.05, 3.63) is 0 Å². The summed E-state index contributed by atoms with van der Waals surface area (Å²) >= 11 is 0. The maximum Gasteiger partial charge on any atom is 0.407 e. The summed E-state index contributed by atoms with van der Waals surface area (Å²) in [5, 5.41) is 8.84. The van der Waals surface area contributed by atoms with Gasteiger partial charge in [-0.3, -0.25) is 4.99 Å². The molecule has 0 unspecified atom stereocenters. The van der Waals surface area contributed by atoms with Crippen molar-refractivity contribution in [1.82, 2.24) is 16.0 Å². The molecule has 0 aliphatic heterocycles. The zero-order valence-electron chi connectivity index (χ0n) is 14.3. The second-order valence-electron chi connectivity index (χ2n) is 5.46. The number of alkyl carbamates (subject to hydrolysis) is 1. The number of rotatable bonds is 9. The number of hydrogen-bond acceptors (Lipinski definition) is 5. The van der Waals surface area contributed by atoms with Crippen LogP contribution < -0.4 is 16.0 Å². The molecule has 0 heterocycles. The van der Waals surface area contributed by atoms with Gasteiger partial charge < -0.3 is 30.2 Å². The van der Waals surface area contributed by atoms with Crippen molar-refractivity contribution in [2.75, 3.05) is 53.6 Å². The Morgan fingerprint density at radius 2 is 1.64 bits per heavy atom. The zero-order valence-corrected chi connectivity index (χ0v) is 14.3. The molecule has 0 fully saturated rings. The van der Waals surface area contributed by atoms with E-state index in [0.29, 0.717) is 45.4 Å². The molecule has 8 nitrogen and oxygen atoms in total. The first-order chi connectivity index (χ1) is 10.4. The Balaban J connectivity index is 3.64. The average molecular weight is 318 g/mol. The molecule has 0 atom stereocenters. The van der Waals surface area contributed by atoms with Gasteiger partial charge in [-0.1, -0.05) is 0 Å². The molecule has 3 N–H and O–H groups in total. The third-order valence-corrected chi connectivity index (χ3v) is 2.28. The first kappa shape index (κ1) is 20.5. The fraction of sp³-hybridized carbons (Fsp3) is 0.857. The zero-order chi connectivity index (χ0) is 16.8. The van der Waals surface area contributed by atoms with E-state index in [9.17, 15) is 4.79 Å². The van der Waals surface area contributed by atoms with Crippen LogP contribution in [0.15, 0.2) is 4.99 Å². The minimum absolute atomic E-state index is 0.427. The van der Waals surface area contributed by atoms with Crippen LogP contribution in [-0.4, -0.2) is 71.3 Å². The van der Waals surface area contributed by atoms with Gasteiger partial charge in [-0.15, -0.1) is 0 Å². The highest BCUT2D eigenvalue weighted by Gasteiger charge is 2.15. The number of aliphatic imine (C=N–C) groups is 1. The summed E-state index contributed by atoms with van der Waals surface area (Å²) in [4.78, 5) is 15.5. The molecule has 0 spiro atoms. The lowest BCUT2D eigenvalue weighted by molar-refractivity contribution is 0.0529. The predicted molar refractivity (Wildman–Crippen MR) is 86.3 cm³/mol. The molecule has 0 saturated heterocycles. The van der Waals surface area contributed by atoms with E-state index in [1.54, 1.807) is 14.2 Å². The van der Waals surface area contributed by atoms with Gasteiger partial charge in [-0.2, -0.15) is 0 Å². The Morgan fingerprint density at radius 1 is 1.00 bits per heavy atom. The number of amides is 1. The molecule has 0 aliphatic carbocycles. The fourth-order valence-corrected chi connectivity index (χ4v) is 1.37. The average Bonchev–Trinajstić information content (AvgIpc) is 2.43. The Hall–Kier alpha value is -1.54. The van der Waals surface area contributed by atoms with Gasteiger partial charge in [0.2, 0.25) is 0 Å². The Labute approximate surface area is 133 Å². The second-order valence-corrected chi connectivity index (χ2v) is 5.46. The molecule has 0 aromatic rings. The highest BCUT2D eigenvalue weighted by Crippen LogP contribution is 2.05. The summed E-state index contributed by atoms with van der Waals surface area (Å²) in [6.07, 6.45) is -0.427. The van der Waals surface area contributed by atoms with Crippen LogP contribution >= 0.6 is 0 Å². The number of hydrogen-bond donors (Lipinski definition) is 3. The van der Waals surface area contributed by atoms with Crippen molar-refractivity contribution < 1.29 is 19.0 Å². The lowest BCUT2D eigenvalue weighted by atomic mass is 10.2. The molecule has 22 heavy (non-hydrogen) atoms. The third-order valence-electron chi connectivity index (χ3n) is 2.28. The van der Waals surface area contributed by atoms with Gasteiger partial charge >= 0.3 is 6.09 Å². The van der Waals surface area contributed by atoms with E-state index in [4.69, 9.17) is 14.2 Å². The van der Waals surface area contributed by atoms with Crippen molar-refractivity contribution in [1.29, 1.82) is 0 Å². The van der Waals surface area contributed by atoms with Gasteiger partial charge in [0.1, 0.15) is 5.60 Å². The summed E-state index contributed by atoms with van der Waals surface area (Å²) in [6.45, 7) is 8.84. The lowest BCUT2D eigenvalue weighted by Crippen LogP contribution is -2.43. The van der Waals surface area contributed by atoms with Crippen LogP contribution in [0.5, 0.6) is 0 Å². The van der Waals surface area contributed by atoms with Gasteiger partial charge in [0.25, 0.3) is 0 Å². The van der Waals surface area contributed by atoms with Crippen LogP contribution in [0.25, 0.3) is 0 Å². The number of carbonyl (C=O) groups excluding carboxylic acids is 1. The van der Waals surface area contributed by atoms with Crippen LogP contribution in [0, 0.1) is 0 Å². The Bertz CT molecular complexity index is 329. The smallest absolute Gasteiger partial charge is 0.407 e. The molecule has 0 rings (SSSR count). The highest BCUT2D eigenvalue weighted by atomic mass is 16.6. The number of methoxy groups -OCH3 is 1. The van der Waals surface area contributed by atoms with Crippen molar-refractivity contribution >= 4 is 12.1 Å². The van der Waals surface area contributed by atoms with Gasteiger partial charge in [0, 0.05) is 33.8 Å². The summed E-state index contributed by atoms with van der Waals surface area (Å²) in [5.41, 5.74) is -0.488. The molecular weight excluding hydrogens is 288 g/mol. The van der Waals surface area contributed by atoms with Crippen molar-refractivity contribution in [3.8, 4) is 0 Å². The minimum atomic E-state index is -0.488. The molecule has 1 amide bonds. The molecule has 130 valence electrons. The lowest BCUT2D eigenvalue weighted by Gasteiger charge is -2.19. The van der Waals surface area contributed by atoms with E-state index in [1.807, 2.05) is 20.8 Å². The van der Waals surface area contributed by atoms with Crippen LogP contribution in [0.4, 0.5) is 4.79 Å². The maximum atomic E-state index is 11.4. The van der Waals surface area contributed by atoms with Crippen molar-refractivity contribution in [3.63, 3.8) is 0 Å². The van der Waals surface area contributed by atoms with Gasteiger partial charge in [0.15, 0.2) is 5.96 Å². The van der Waals surface area contributed by atoms with Crippen molar-refractivity contribution in [2.24, 2.45) is 4.99 Å². The van der Waals surface area contributed by atoms with E-state index in [0.717, 1.165) is 0 Å².